The van der Waals surface area contributed by atoms with Crippen molar-refractivity contribution in [1.29, 1.82) is 0 Å². The number of likely N-dealkylation sites (tertiary alicyclic amines) is 2. The van der Waals surface area contributed by atoms with Crippen molar-refractivity contribution in [2.45, 2.75) is 39.2 Å². The first kappa shape index (κ1) is 34.9. The number of aromatic nitrogens is 2. The standard InChI is InChI=1S/C36H47BrN7O5P/c1-6-23-15-29(32(47-3)16-30(23)42-11-9-26(10-12-42)44-20-24-18-43(22(2)45)19-25(24)21-44)40-36-38-17-27(37)35(41-36)39-28-7-8-31-33(49-14-13-48-31)34(28)50(4,5)46/h7-8,15-17,24-26H,6,9-14,18-21H2,1-5H3,(H2,38,39,40,41). The van der Waals surface area contributed by atoms with Gasteiger partial charge in [0, 0.05) is 70.2 Å². The summed E-state index contributed by atoms with van der Waals surface area (Å²) in [6.07, 6.45) is 4.80. The van der Waals surface area contributed by atoms with Crippen molar-refractivity contribution in [2.75, 3.05) is 88.5 Å². The van der Waals surface area contributed by atoms with Crippen LogP contribution in [0.1, 0.15) is 32.3 Å². The van der Waals surface area contributed by atoms with E-state index in [1.54, 1.807) is 33.6 Å². The SMILES string of the molecule is CCc1cc(Nc2ncc(Br)c(Nc3ccc4c(c3P(C)(C)=O)OCCO4)n2)c(OC)cc1N1CCC(N2CC3CN(C(C)=O)CC3C2)CC1. The molecule has 2 unspecified atom stereocenters. The van der Waals surface area contributed by atoms with Gasteiger partial charge in [-0.15, -0.1) is 0 Å². The molecule has 1 aromatic heterocycles. The van der Waals surface area contributed by atoms with E-state index < -0.39 is 7.14 Å². The normalized spacial score (nSPS) is 20.9. The highest BCUT2D eigenvalue weighted by molar-refractivity contribution is 9.10. The molecule has 12 nitrogen and oxygen atoms in total. The molecule has 0 spiro atoms. The van der Waals surface area contributed by atoms with Crippen molar-refractivity contribution in [3.8, 4) is 17.2 Å². The summed E-state index contributed by atoms with van der Waals surface area (Å²) >= 11 is 3.59. The van der Waals surface area contributed by atoms with Gasteiger partial charge in [0.1, 0.15) is 31.9 Å². The fourth-order valence-corrected chi connectivity index (χ4v) is 9.68. The smallest absolute Gasteiger partial charge is 0.229 e. The van der Waals surface area contributed by atoms with Gasteiger partial charge < -0.3 is 39.2 Å². The zero-order valence-electron chi connectivity index (χ0n) is 29.5. The number of fused-ring (bicyclic) bond motifs is 2. The zero-order valence-corrected chi connectivity index (χ0v) is 32.0. The quantitative estimate of drug-likeness (QED) is 0.261. The van der Waals surface area contributed by atoms with Crippen molar-refractivity contribution in [3.05, 3.63) is 40.5 Å². The number of rotatable bonds is 9. The van der Waals surface area contributed by atoms with Crippen LogP contribution in [-0.4, -0.2) is 105 Å². The third-order valence-electron chi connectivity index (χ3n) is 10.5. The molecule has 4 aliphatic rings. The second-order valence-corrected chi connectivity index (χ2v) is 18.1. The maximum absolute atomic E-state index is 13.4. The number of aryl methyl sites for hydroxylation is 1. The summed E-state index contributed by atoms with van der Waals surface area (Å²) in [6.45, 7) is 14.2. The number of methoxy groups -OCH3 is 1. The Morgan fingerprint density at radius 2 is 1.76 bits per heavy atom. The largest absolute Gasteiger partial charge is 0.494 e. The van der Waals surface area contributed by atoms with Gasteiger partial charge in [-0.3, -0.25) is 9.69 Å². The number of amides is 1. The van der Waals surface area contributed by atoms with Gasteiger partial charge >= 0.3 is 0 Å². The average molecular weight is 769 g/mol. The Kier molecular flexibility index (Phi) is 9.93. The van der Waals surface area contributed by atoms with Gasteiger partial charge in [0.25, 0.3) is 0 Å². The molecular weight excluding hydrogens is 721 g/mol. The van der Waals surface area contributed by atoms with E-state index in [-0.39, 0.29) is 5.91 Å². The second-order valence-electron chi connectivity index (χ2n) is 14.1. The number of anilines is 5. The third-order valence-corrected chi connectivity index (χ3v) is 12.6. The van der Waals surface area contributed by atoms with Crippen LogP contribution in [0.5, 0.6) is 17.2 Å². The van der Waals surface area contributed by atoms with Gasteiger partial charge in [0.15, 0.2) is 11.5 Å². The second kappa shape index (κ2) is 14.2. The Labute approximate surface area is 302 Å². The molecule has 3 saturated heterocycles. The minimum atomic E-state index is -2.77. The number of carbonyl (C=O) groups excluding carboxylic acids is 1. The third kappa shape index (κ3) is 7.01. The molecule has 2 N–H and O–H groups in total. The number of nitrogens with zero attached hydrogens (tertiary/aromatic N) is 5. The van der Waals surface area contributed by atoms with Crippen LogP contribution in [0, 0.1) is 11.8 Å². The van der Waals surface area contributed by atoms with E-state index in [0.717, 1.165) is 70.0 Å². The summed E-state index contributed by atoms with van der Waals surface area (Å²) in [5.41, 5.74) is 3.85. The molecule has 1 amide bonds. The molecule has 3 aromatic rings. The van der Waals surface area contributed by atoms with E-state index in [2.05, 4.69) is 60.4 Å². The molecule has 3 fully saturated rings. The van der Waals surface area contributed by atoms with Crippen LogP contribution in [0.4, 0.5) is 28.8 Å². The van der Waals surface area contributed by atoms with Crippen molar-refractivity contribution in [3.63, 3.8) is 0 Å². The maximum Gasteiger partial charge on any atom is 0.229 e. The van der Waals surface area contributed by atoms with Gasteiger partial charge in [-0.25, -0.2) is 4.98 Å². The Morgan fingerprint density at radius 1 is 1.04 bits per heavy atom. The molecule has 0 aliphatic carbocycles. The highest BCUT2D eigenvalue weighted by Gasteiger charge is 2.43. The molecule has 268 valence electrons. The number of hydrogen-bond donors (Lipinski definition) is 2. The average Bonchev–Trinajstić information content (AvgIpc) is 3.69. The number of benzene rings is 2. The van der Waals surface area contributed by atoms with Crippen LogP contribution in [0.3, 0.4) is 0 Å². The first-order valence-electron chi connectivity index (χ1n) is 17.5. The lowest BCUT2D eigenvalue weighted by molar-refractivity contribution is -0.128. The number of piperidine rings is 1. The fraction of sp³-hybridized carbons (Fsp3) is 0.528. The summed E-state index contributed by atoms with van der Waals surface area (Å²) in [5.74, 6) is 4.17. The van der Waals surface area contributed by atoms with E-state index in [4.69, 9.17) is 19.2 Å². The minimum Gasteiger partial charge on any atom is -0.494 e. The summed E-state index contributed by atoms with van der Waals surface area (Å²) < 4.78 is 31.7. The van der Waals surface area contributed by atoms with E-state index >= 15 is 0 Å². The number of hydrogen-bond acceptors (Lipinski definition) is 11. The lowest BCUT2D eigenvalue weighted by Gasteiger charge is -2.39. The van der Waals surface area contributed by atoms with Crippen LogP contribution < -0.4 is 35.0 Å². The van der Waals surface area contributed by atoms with Crippen molar-refractivity contribution < 1.29 is 23.6 Å². The Hall–Kier alpha value is -3.54. The van der Waals surface area contributed by atoms with E-state index in [1.807, 2.05) is 17.0 Å². The number of ether oxygens (including phenoxy) is 3. The van der Waals surface area contributed by atoms with E-state index in [0.29, 0.717) is 69.8 Å². The lowest BCUT2D eigenvalue weighted by Crippen LogP contribution is -2.45. The molecule has 50 heavy (non-hydrogen) atoms. The molecule has 0 radical (unpaired) electrons. The number of nitrogens with one attached hydrogen (secondary N) is 2. The van der Waals surface area contributed by atoms with Crippen LogP contribution in [0.15, 0.2) is 34.9 Å². The minimum absolute atomic E-state index is 0.210. The first-order chi connectivity index (χ1) is 24.0. The Balaban J connectivity index is 1.06. The Morgan fingerprint density at radius 3 is 2.42 bits per heavy atom. The highest BCUT2D eigenvalue weighted by atomic mass is 79.9. The molecule has 14 heteroatoms. The molecule has 4 aliphatic heterocycles. The lowest BCUT2D eigenvalue weighted by atomic mass is 10.00. The van der Waals surface area contributed by atoms with E-state index in [9.17, 15) is 9.36 Å². The van der Waals surface area contributed by atoms with Gasteiger partial charge in [-0.1, -0.05) is 6.92 Å². The summed E-state index contributed by atoms with van der Waals surface area (Å²) in [5, 5.41) is 7.35. The molecule has 7 rings (SSSR count). The topological polar surface area (TPSA) is 121 Å². The van der Waals surface area contributed by atoms with Crippen LogP contribution >= 0.6 is 23.1 Å². The predicted octanol–water partition coefficient (Wildman–Crippen LogP) is 5.70. The molecule has 5 heterocycles. The molecule has 0 bridgehead atoms. The number of carbonyl (C=O) groups is 1. The molecule has 0 saturated carbocycles. The molecular formula is C36H47BrN7O5P. The van der Waals surface area contributed by atoms with Gasteiger partial charge in [-0.2, -0.15) is 4.98 Å². The molecule has 2 aromatic carbocycles. The Bertz CT molecular complexity index is 1800. The predicted molar refractivity (Wildman–Crippen MR) is 201 cm³/mol. The van der Waals surface area contributed by atoms with Crippen LogP contribution in [0.25, 0.3) is 0 Å². The fourth-order valence-electron chi connectivity index (χ4n) is 8.01. The van der Waals surface area contributed by atoms with Crippen LogP contribution in [-0.2, 0) is 15.8 Å². The highest BCUT2D eigenvalue weighted by Crippen LogP contribution is 2.47. The van der Waals surface area contributed by atoms with Gasteiger partial charge in [-0.05, 0) is 84.1 Å². The first-order valence-corrected chi connectivity index (χ1v) is 20.9. The zero-order chi connectivity index (χ0) is 35.2. The van der Waals surface area contributed by atoms with Crippen molar-refractivity contribution in [1.82, 2.24) is 19.8 Å². The molecule has 2 atom stereocenters. The van der Waals surface area contributed by atoms with Gasteiger partial charge in [0.2, 0.25) is 11.9 Å². The van der Waals surface area contributed by atoms with Crippen LogP contribution in [0.2, 0.25) is 0 Å². The monoisotopic (exact) mass is 767 g/mol. The van der Waals surface area contributed by atoms with Crippen molar-refractivity contribution >= 4 is 63.1 Å². The summed E-state index contributed by atoms with van der Waals surface area (Å²) in [4.78, 5) is 28.4. The summed E-state index contributed by atoms with van der Waals surface area (Å²) in [6, 6.07) is 8.55. The van der Waals surface area contributed by atoms with E-state index in [1.165, 1.54) is 11.3 Å². The van der Waals surface area contributed by atoms with Gasteiger partial charge in [0.05, 0.1) is 28.3 Å². The number of halogens is 1. The van der Waals surface area contributed by atoms with Crippen molar-refractivity contribution in [2.24, 2.45) is 11.8 Å². The maximum atomic E-state index is 13.4. The summed E-state index contributed by atoms with van der Waals surface area (Å²) in [7, 11) is -1.08.